The number of nitrogens with zero attached hydrogens (tertiary/aromatic N) is 4. The molecule has 14 nitrogen and oxygen atoms in total. The van der Waals surface area contributed by atoms with Gasteiger partial charge in [-0.15, -0.1) is 0 Å². The van der Waals surface area contributed by atoms with Gasteiger partial charge >= 0.3 is 11.5 Å². The molecule has 0 atom stereocenters. The summed E-state index contributed by atoms with van der Waals surface area (Å²) in [5.41, 5.74) is 13.1. The van der Waals surface area contributed by atoms with E-state index in [0.717, 1.165) is 56.5 Å². The molecule has 0 aliphatic rings. The number of hydrogen-bond acceptors (Lipinski definition) is 13. The highest BCUT2D eigenvalue weighted by Gasteiger charge is 2.23. The minimum atomic E-state index is -1.70. The zero-order valence-electron chi connectivity index (χ0n) is 35.0. The fourth-order valence-corrected chi connectivity index (χ4v) is 6.08. The van der Waals surface area contributed by atoms with E-state index in [0.29, 0.717) is 35.7 Å². The van der Waals surface area contributed by atoms with Crippen molar-refractivity contribution in [3.8, 4) is 45.5 Å². The summed E-state index contributed by atoms with van der Waals surface area (Å²) in [5.74, 6) is 2.64. The number of para-hydroxylation sites is 2. The maximum atomic E-state index is 12.1. The summed E-state index contributed by atoms with van der Waals surface area (Å²) in [5, 5.41) is 2.60. The second-order valence-corrected chi connectivity index (χ2v) is 18.5. The van der Waals surface area contributed by atoms with Crippen LogP contribution in [0.5, 0.6) is 23.0 Å². The van der Waals surface area contributed by atoms with E-state index in [-0.39, 0.29) is 6.61 Å². The molecule has 344 valence electrons. The molecule has 65 heavy (non-hydrogen) atoms. The van der Waals surface area contributed by atoms with E-state index in [9.17, 15) is 9.59 Å². The first-order chi connectivity index (χ1) is 30.9. The second-order valence-electron chi connectivity index (χ2n) is 13.1. The number of hydrogen-bond donors (Lipinski definition) is 2. The molecule has 4 aromatic carbocycles. The molecule has 6 rings (SSSR count). The SMILES string of the molecule is COc1ccc(Cc2cc(-c3ccccc3OC)ncn2)cc1N.COc1ccc(Cc2cc(-c3ccccc3OC)ncn2)cc1NC(=O)OCC(Cl)(Cl)Cl.O=C(Cl)OCC(Cl)(Cl)Cl. The first kappa shape index (κ1) is 52.4. The molecule has 0 spiro atoms. The van der Waals surface area contributed by atoms with E-state index in [4.69, 9.17) is 111 Å². The van der Waals surface area contributed by atoms with Crippen molar-refractivity contribution >= 4 is 104 Å². The van der Waals surface area contributed by atoms with E-state index < -0.39 is 25.7 Å². The van der Waals surface area contributed by atoms with E-state index in [2.05, 4.69) is 30.0 Å². The molecule has 0 saturated carbocycles. The van der Waals surface area contributed by atoms with Crippen LogP contribution < -0.4 is 30.0 Å². The van der Waals surface area contributed by atoms with Crippen LogP contribution in [-0.4, -0.2) is 80.7 Å². The zero-order chi connectivity index (χ0) is 47.6. The third-order valence-corrected chi connectivity index (χ3v) is 9.26. The summed E-state index contributed by atoms with van der Waals surface area (Å²) >= 11 is 37.1. The molecule has 0 saturated heterocycles. The lowest BCUT2D eigenvalue weighted by Crippen LogP contribution is -2.21. The summed E-state index contributed by atoms with van der Waals surface area (Å²) in [4.78, 5) is 39.4. The highest BCUT2D eigenvalue weighted by atomic mass is 35.6. The van der Waals surface area contributed by atoms with Gasteiger partial charge in [0.25, 0.3) is 0 Å². The number of nitrogens with one attached hydrogen (secondary N) is 1. The Hall–Kier alpha value is -5.19. The zero-order valence-corrected chi connectivity index (χ0v) is 40.3. The van der Waals surface area contributed by atoms with Gasteiger partial charge in [-0.25, -0.2) is 29.5 Å². The Morgan fingerprint density at radius 1 is 0.569 bits per heavy atom. The number of aromatic nitrogens is 4. The Kier molecular flexibility index (Phi) is 20.6. The van der Waals surface area contributed by atoms with E-state index in [1.54, 1.807) is 39.8 Å². The van der Waals surface area contributed by atoms with Gasteiger partial charge in [0.15, 0.2) is 0 Å². The number of benzene rings is 4. The Morgan fingerprint density at radius 2 is 1.02 bits per heavy atom. The molecule has 0 aliphatic heterocycles. The van der Waals surface area contributed by atoms with Crippen molar-refractivity contribution in [2.24, 2.45) is 0 Å². The largest absolute Gasteiger partial charge is 0.496 e. The fourth-order valence-electron chi connectivity index (χ4n) is 5.70. The monoisotopic (exact) mass is 1030 g/mol. The molecular formula is C44H41Cl7N6O8. The van der Waals surface area contributed by atoms with Crippen LogP contribution in [0.2, 0.25) is 0 Å². The Balaban J connectivity index is 0.000000246. The maximum absolute atomic E-state index is 12.1. The number of anilines is 2. The average molecular weight is 1030 g/mol. The quantitative estimate of drug-likeness (QED) is 0.0635. The van der Waals surface area contributed by atoms with Crippen LogP contribution in [0.25, 0.3) is 22.5 Å². The Labute approximate surface area is 410 Å². The summed E-state index contributed by atoms with van der Waals surface area (Å²) in [6.45, 7) is -0.724. The van der Waals surface area contributed by atoms with Crippen LogP contribution in [0.4, 0.5) is 21.0 Å². The third-order valence-electron chi connectivity index (χ3n) is 8.49. The number of nitrogens with two attached hydrogens (primary N) is 1. The van der Waals surface area contributed by atoms with Crippen LogP contribution in [0.1, 0.15) is 22.5 Å². The summed E-state index contributed by atoms with van der Waals surface area (Å²) in [6, 6.07) is 30.4. The molecular weight excluding hydrogens is 989 g/mol. The lowest BCUT2D eigenvalue weighted by Gasteiger charge is -2.14. The van der Waals surface area contributed by atoms with Crippen LogP contribution in [0.15, 0.2) is 110 Å². The van der Waals surface area contributed by atoms with Crippen molar-refractivity contribution < 1.29 is 38.0 Å². The number of halogens is 7. The van der Waals surface area contributed by atoms with Gasteiger partial charge in [-0.05, 0) is 71.8 Å². The molecule has 2 heterocycles. The Bertz CT molecular complexity index is 2510. The highest BCUT2D eigenvalue weighted by molar-refractivity contribution is 6.68. The van der Waals surface area contributed by atoms with Crippen molar-refractivity contribution in [1.29, 1.82) is 0 Å². The minimum Gasteiger partial charge on any atom is -0.496 e. The van der Waals surface area contributed by atoms with Gasteiger partial charge in [-0.2, -0.15) is 0 Å². The molecule has 0 radical (unpaired) electrons. The van der Waals surface area contributed by atoms with E-state index >= 15 is 0 Å². The molecule has 0 unspecified atom stereocenters. The predicted molar refractivity (Wildman–Crippen MR) is 257 cm³/mol. The van der Waals surface area contributed by atoms with Gasteiger partial charge in [-0.3, -0.25) is 5.32 Å². The van der Waals surface area contributed by atoms with Gasteiger partial charge < -0.3 is 34.2 Å². The molecule has 0 bridgehead atoms. The lowest BCUT2D eigenvalue weighted by atomic mass is 10.1. The number of alkyl halides is 6. The summed E-state index contributed by atoms with van der Waals surface area (Å²) in [7, 11) is 6.37. The number of carbonyl (C=O) groups excluding carboxylic acids is 2. The summed E-state index contributed by atoms with van der Waals surface area (Å²) in [6.07, 6.45) is 3.47. The van der Waals surface area contributed by atoms with Crippen LogP contribution in [0.3, 0.4) is 0 Å². The predicted octanol–water partition coefficient (Wildman–Crippen LogP) is 11.7. The van der Waals surface area contributed by atoms with Gasteiger partial charge in [0, 0.05) is 47.0 Å². The number of carbonyl (C=O) groups is 2. The van der Waals surface area contributed by atoms with Gasteiger partial charge in [0.1, 0.15) is 48.9 Å². The molecule has 0 fully saturated rings. The number of amides is 1. The normalized spacial score (nSPS) is 10.8. The first-order valence-electron chi connectivity index (χ1n) is 18.8. The van der Waals surface area contributed by atoms with Crippen LogP contribution in [0, 0.1) is 0 Å². The third kappa shape index (κ3) is 18.0. The van der Waals surface area contributed by atoms with Gasteiger partial charge in [0.2, 0.25) is 7.59 Å². The topological polar surface area (TPSA) is 179 Å². The molecule has 2 aromatic heterocycles. The molecule has 1 amide bonds. The molecule has 3 N–H and O–H groups in total. The van der Waals surface area contributed by atoms with Crippen molar-refractivity contribution in [1.82, 2.24) is 19.9 Å². The average Bonchev–Trinajstić information content (AvgIpc) is 3.28. The fraction of sp³-hybridized carbons (Fsp3) is 0.227. The first-order valence-corrected chi connectivity index (χ1v) is 21.4. The number of ether oxygens (including phenoxy) is 6. The van der Waals surface area contributed by atoms with Crippen molar-refractivity contribution in [3.05, 3.63) is 132 Å². The molecule has 0 aliphatic carbocycles. The number of rotatable bonds is 13. The Morgan fingerprint density at radius 3 is 1.45 bits per heavy atom. The minimum absolute atomic E-state index is 0.333. The number of methoxy groups -OCH3 is 4. The smallest absolute Gasteiger partial charge is 0.411 e. The molecule has 21 heteroatoms. The standard InChI is InChI=1S/C22H20Cl3N3O4.C19H19N3O2.C3H2Cl4O2/c1-30-19-6-4-3-5-16(19)17-11-15(26-13-27-17)9-14-7-8-20(31-2)18(10-14)28-21(29)32-12-22(23,24)25;1-23-18-6-4-3-5-15(18)17-11-14(21-12-22-17)9-13-7-8-19(24-2)16(20)10-13;4-2(8)9-1-3(5,6)7/h3-8,10-11,13H,9,12H2,1-2H3,(H,28,29);3-8,10-12H,9,20H2,1-2H3;1H2. The van der Waals surface area contributed by atoms with Crippen molar-refractivity contribution in [2.45, 2.75) is 20.4 Å². The van der Waals surface area contributed by atoms with Crippen LogP contribution >= 0.6 is 81.2 Å². The lowest BCUT2D eigenvalue weighted by molar-refractivity contribution is 0.163. The van der Waals surface area contributed by atoms with Gasteiger partial charge in [-0.1, -0.05) is 106 Å². The molecule has 6 aromatic rings. The van der Waals surface area contributed by atoms with Crippen molar-refractivity contribution in [3.63, 3.8) is 0 Å². The van der Waals surface area contributed by atoms with Crippen molar-refractivity contribution in [2.75, 3.05) is 52.7 Å². The summed E-state index contributed by atoms with van der Waals surface area (Å²) < 4.78 is 27.1. The number of nitrogen functional groups attached to an aromatic ring is 1. The van der Waals surface area contributed by atoms with E-state index in [1.165, 1.54) is 13.4 Å². The van der Waals surface area contributed by atoms with Crippen LogP contribution in [-0.2, 0) is 22.3 Å². The maximum Gasteiger partial charge on any atom is 0.411 e. The highest BCUT2D eigenvalue weighted by Crippen LogP contribution is 2.32. The van der Waals surface area contributed by atoms with E-state index in [1.807, 2.05) is 84.9 Å². The second kappa shape index (κ2) is 25.5. The van der Waals surface area contributed by atoms with Gasteiger partial charge in [0.05, 0.1) is 51.2 Å².